The topological polar surface area (TPSA) is 57.9 Å². The number of nitrogens with one attached hydrogen (secondary N) is 2. The number of carbonyl (C=O) groups is 1. The van der Waals surface area contributed by atoms with Gasteiger partial charge in [0.25, 0.3) is 0 Å². The Balaban J connectivity index is 2.67. The van der Waals surface area contributed by atoms with Crippen LogP contribution in [0.25, 0.3) is 11.3 Å². The summed E-state index contributed by atoms with van der Waals surface area (Å²) in [5.74, 6) is -1.08. The Morgan fingerprint density at radius 3 is 2.83 bits per heavy atom. The molecule has 0 saturated carbocycles. The summed E-state index contributed by atoms with van der Waals surface area (Å²) in [5.41, 5.74) is 0.599. The van der Waals surface area contributed by atoms with E-state index in [9.17, 15) is 9.18 Å². The third-order valence-electron chi connectivity index (χ3n) is 2.31. The highest BCUT2D eigenvalue weighted by molar-refractivity contribution is 9.10. The monoisotopic (exact) mass is 330 g/mol. The number of halogens is 2. The van der Waals surface area contributed by atoms with E-state index in [0.29, 0.717) is 4.47 Å². The number of benzene rings is 1. The van der Waals surface area contributed by atoms with Crippen molar-refractivity contribution in [2.24, 2.45) is 0 Å². The molecule has 0 spiro atoms. The van der Waals surface area contributed by atoms with Crippen LogP contribution in [0.4, 0.5) is 4.39 Å². The molecule has 0 radical (unpaired) electrons. The van der Waals surface area contributed by atoms with Gasteiger partial charge in [0.1, 0.15) is 5.82 Å². The van der Waals surface area contributed by atoms with Crippen molar-refractivity contribution in [2.45, 2.75) is 0 Å². The zero-order chi connectivity index (χ0) is 13.3. The summed E-state index contributed by atoms with van der Waals surface area (Å²) in [6, 6.07) is 4.42. The molecule has 1 aromatic carbocycles. The zero-order valence-corrected chi connectivity index (χ0v) is 11.6. The van der Waals surface area contributed by atoms with E-state index in [1.54, 1.807) is 12.1 Å². The second-order valence-electron chi connectivity index (χ2n) is 3.44. The molecule has 94 valence electrons. The molecule has 1 aromatic heterocycles. The van der Waals surface area contributed by atoms with Gasteiger partial charge >= 0.3 is 5.97 Å². The van der Waals surface area contributed by atoms with Gasteiger partial charge in [-0.1, -0.05) is 15.9 Å². The van der Waals surface area contributed by atoms with Gasteiger partial charge in [-0.05, 0) is 30.4 Å². The first-order chi connectivity index (χ1) is 8.52. The summed E-state index contributed by atoms with van der Waals surface area (Å²) in [5, 5.41) is 0. The van der Waals surface area contributed by atoms with Gasteiger partial charge in [0.2, 0.25) is 0 Å². The number of ether oxygens (including phenoxy) is 1. The maximum atomic E-state index is 13.8. The Morgan fingerprint density at radius 2 is 2.17 bits per heavy atom. The summed E-state index contributed by atoms with van der Waals surface area (Å²) in [6.45, 7) is 0. The molecule has 2 rings (SSSR count). The molecule has 1 heterocycles. The lowest BCUT2D eigenvalue weighted by Crippen LogP contribution is -2.04. The average molecular weight is 331 g/mol. The molecule has 7 heteroatoms. The fourth-order valence-electron chi connectivity index (χ4n) is 1.53. The standard InChI is InChI=1S/C11H8BrFN2O2S/c1-17-10(16)9-8(14-11(18)15-9)6-4-5(12)2-3-7(6)13/h2-4H,1H3,(H2,14,15,18). The second kappa shape index (κ2) is 5.03. The van der Waals surface area contributed by atoms with Gasteiger partial charge < -0.3 is 14.7 Å². The summed E-state index contributed by atoms with van der Waals surface area (Å²) in [7, 11) is 1.24. The molecule has 0 atom stereocenters. The van der Waals surface area contributed by atoms with Crippen LogP contribution in [0.2, 0.25) is 0 Å². The third kappa shape index (κ3) is 2.37. The van der Waals surface area contributed by atoms with Crippen molar-refractivity contribution in [3.8, 4) is 11.3 Å². The van der Waals surface area contributed by atoms with Crippen LogP contribution in [0, 0.1) is 10.6 Å². The van der Waals surface area contributed by atoms with Crippen molar-refractivity contribution < 1.29 is 13.9 Å². The maximum absolute atomic E-state index is 13.8. The number of H-pyrrole nitrogens is 2. The van der Waals surface area contributed by atoms with Gasteiger partial charge in [-0.15, -0.1) is 0 Å². The van der Waals surface area contributed by atoms with Gasteiger partial charge in [0, 0.05) is 10.0 Å². The zero-order valence-electron chi connectivity index (χ0n) is 9.21. The number of methoxy groups -OCH3 is 1. The van der Waals surface area contributed by atoms with E-state index in [4.69, 9.17) is 12.2 Å². The van der Waals surface area contributed by atoms with E-state index < -0.39 is 11.8 Å². The highest BCUT2D eigenvalue weighted by Gasteiger charge is 2.19. The lowest BCUT2D eigenvalue weighted by Gasteiger charge is -2.04. The molecule has 18 heavy (non-hydrogen) atoms. The summed E-state index contributed by atoms with van der Waals surface area (Å²) < 4.78 is 19.3. The SMILES string of the molecule is COC(=O)c1[nH]c(=S)[nH]c1-c1cc(Br)ccc1F. The predicted molar refractivity (Wildman–Crippen MR) is 70.4 cm³/mol. The number of rotatable bonds is 2. The van der Waals surface area contributed by atoms with Crippen molar-refractivity contribution in [1.29, 1.82) is 0 Å². The van der Waals surface area contributed by atoms with E-state index in [-0.39, 0.29) is 21.7 Å². The van der Waals surface area contributed by atoms with E-state index >= 15 is 0 Å². The summed E-state index contributed by atoms with van der Waals surface area (Å²) >= 11 is 8.16. The van der Waals surface area contributed by atoms with Crippen molar-refractivity contribution in [2.75, 3.05) is 7.11 Å². The first-order valence-corrected chi connectivity index (χ1v) is 6.09. The van der Waals surface area contributed by atoms with E-state index in [1.807, 2.05) is 0 Å². The molecule has 0 aliphatic rings. The Morgan fingerprint density at radius 1 is 1.44 bits per heavy atom. The average Bonchev–Trinajstić information content (AvgIpc) is 2.73. The third-order valence-corrected chi connectivity index (χ3v) is 3.01. The van der Waals surface area contributed by atoms with Gasteiger partial charge in [-0.25, -0.2) is 9.18 Å². The first-order valence-electron chi connectivity index (χ1n) is 4.89. The maximum Gasteiger partial charge on any atom is 0.356 e. The fourth-order valence-corrected chi connectivity index (χ4v) is 2.09. The lowest BCUT2D eigenvalue weighted by atomic mass is 10.1. The molecule has 0 amide bonds. The fraction of sp³-hybridized carbons (Fsp3) is 0.0909. The van der Waals surface area contributed by atoms with E-state index in [1.165, 1.54) is 13.2 Å². The molecule has 0 unspecified atom stereocenters. The molecule has 0 aliphatic heterocycles. The number of imidazole rings is 1. The minimum absolute atomic E-state index is 0.0968. The normalized spacial score (nSPS) is 10.4. The predicted octanol–water partition coefficient (Wildman–Crippen LogP) is 3.43. The molecule has 0 aliphatic carbocycles. The second-order valence-corrected chi connectivity index (χ2v) is 4.77. The molecule has 0 saturated heterocycles. The van der Waals surface area contributed by atoms with Gasteiger partial charge in [-0.2, -0.15) is 0 Å². The van der Waals surface area contributed by atoms with Crippen LogP contribution in [0.5, 0.6) is 0 Å². The van der Waals surface area contributed by atoms with Crippen LogP contribution in [0.15, 0.2) is 22.7 Å². The smallest absolute Gasteiger partial charge is 0.356 e. The van der Waals surface area contributed by atoms with E-state index in [0.717, 1.165) is 0 Å². The number of hydrogen-bond donors (Lipinski definition) is 2. The lowest BCUT2D eigenvalue weighted by molar-refractivity contribution is 0.0595. The minimum Gasteiger partial charge on any atom is -0.464 e. The quantitative estimate of drug-likeness (QED) is 0.655. The van der Waals surface area contributed by atoms with Crippen LogP contribution in [0.3, 0.4) is 0 Å². The van der Waals surface area contributed by atoms with Crippen LogP contribution in [-0.2, 0) is 4.74 Å². The van der Waals surface area contributed by atoms with Gasteiger partial charge in [0.05, 0.1) is 12.8 Å². The van der Waals surface area contributed by atoms with Crippen molar-refractivity contribution in [3.05, 3.63) is 39.0 Å². The number of carbonyl (C=O) groups excluding carboxylic acids is 1. The molecule has 2 N–H and O–H groups in total. The van der Waals surface area contributed by atoms with Crippen LogP contribution < -0.4 is 0 Å². The number of hydrogen-bond acceptors (Lipinski definition) is 3. The Labute approximate surface area is 115 Å². The molecule has 4 nitrogen and oxygen atoms in total. The molecule has 0 bridgehead atoms. The van der Waals surface area contributed by atoms with E-state index in [2.05, 4.69) is 30.6 Å². The molecule has 0 fully saturated rings. The largest absolute Gasteiger partial charge is 0.464 e. The Hall–Kier alpha value is -1.47. The Bertz CT molecular complexity index is 665. The number of aromatic nitrogens is 2. The van der Waals surface area contributed by atoms with Crippen LogP contribution in [-0.4, -0.2) is 23.0 Å². The summed E-state index contributed by atoms with van der Waals surface area (Å²) in [6.07, 6.45) is 0. The molecular formula is C11H8BrFN2O2S. The number of aromatic amines is 2. The van der Waals surface area contributed by atoms with Crippen LogP contribution in [0.1, 0.15) is 10.5 Å². The Kier molecular flexibility index (Phi) is 3.63. The van der Waals surface area contributed by atoms with Crippen molar-refractivity contribution in [3.63, 3.8) is 0 Å². The summed E-state index contributed by atoms with van der Waals surface area (Å²) in [4.78, 5) is 16.9. The first kappa shape index (κ1) is 13.0. The highest BCUT2D eigenvalue weighted by atomic mass is 79.9. The molecule has 2 aromatic rings. The molecular weight excluding hydrogens is 323 g/mol. The highest BCUT2D eigenvalue weighted by Crippen LogP contribution is 2.27. The number of esters is 1. The van der Waals surface area contributed by atoms with Gasteiger partial charge in [0.15, 0.2) is 10.5 Å². The van der Waals surface area contributed by atoms with Gasteiger partial charge in [-0.3, -0.25) is 0 Å². The minimum atomic E-state index is -0.614. The van der Waals surface area contributed by atoms with Crippen molar-refractivity contribution >= 4 is 34.1 Å². The van der Waals surface area contributed by atoms with Crippen molar-refractivity contribution in [1.82, 2.24) is 9.97 Å². The van der Waals surface area contributed by atoms with Crippen LogP contribution >= 0.6 is 28.1 Å².